The Hall–Kier alpha value is -1.43. The first-order valence-electron chi connectivity index (χ1n) is 6.10. The van der Waals surface area contributed by atoms with Gasteiger partial charge in [-0.1, -0.05) is 12.1 Å². The van der Waals surface area contributed by atoms with Crippen LogP contribution in [0.5, 0.6) is 5.75 Å². The van der Waals surface area contributed by atoms with Gasteiger partial charge in [0, 0.05) is 5.56 Å². The molecule has 19 heavy (non-hydrogen) atoms. The first-order chi connectivity index (χ1) is 8.87. The molecule has 0 heterocycles. The Balaban J connectivity index is 3.28. The minimum atomic E-state index is -0.361. The standard InChI is InChI=1S/C14H23N3O2/c1-15(2)14(16(3)4,17(5)6)12-7-9-13(10-8-12)19-11-18/h7-11H,1-6H3. The molecular weight excluding hydrogens is 242 g/mol. The van der Waals surface area contributed by atoms with Crippen molar-refractivity contribution in [3.05, 3.63) is 29.8 Å². The lowest BCUT2D eigenvalue weighted by Crippen LogP contribution is -2.61. The first kappa shape index (κ1) is 15.6. The number of rotatable bonds is 6. The molecule has 1 aromatic rings. The molecule has 0 N–H and O–H groups in total. The van der Waals surface area contributed by atoms with Crippen molar-refractivity contribution in [1.29, 1.82) is 0 Å². The second-order valence-corrected chi connectivity index (χ2v) is 5.06. The average molecular weight is 265 g/mol. The van der Waals surface area contributed by atoms with Crippen LogP contribution in [0.15, 0.2) is 24.3 Å². The summed E-state index contributed by atoms with van der Waals surface area (Å²) in [5.41, 5.74) is 1.10. The summed E-state index contributed by atoms with van der Waals surface area (Å²) < 4.78 is 4.83. The molecule has 0 saturated heterocycles. The second-order valence-electron chi connectivity index (χ2n) is 5.06. The van der Waals surface area contributed by atoms with Crippen LogP contribution in [0.2, 0.25) is 0 Å². The van der Waals surface area contributed by atoms with Crippen LogP contribution in [0.25, 0.3) is 0 Å². The van der Waals surface area contributed by atoms with Crippen molar-refractivity contribution in [2.45, 2.75) is 5.79 Å². The first-order valence-corrected chi connectivity index (χ1v) is 6.10. The van der Waals surface area contributed by atoms with Crippen LogP contribution >= 0.6 is 0 Å². The van der Waals surface area contributed by atoms with E-state index in [-0.39, 0.29) is 5.79 Å². The topological polar surface area (TPSA) is 36.0 Å². The predicted octanol–water partition coefficient (Wildman–Crippen LogP) is 1.02. The quantitative estimate of drug-likeness (QED) is 0.567. The van der Waals surface area contributed by atoms with Gasteiger partial charge in [0.15, 0.2) is 5.79 Å². The highest BCUT2D eigenvalue weighted by atomic mass is 16.5. The van der Waals surface area contributed by atoms with E-state index in [1.165, 1.54) is 0 Å². The van der Waals surface area contributed by atoms with E-state index in [2.05, 4.69) is 14.7 Å². The Labute approximate surface area is 115 Å². The summed E-state index contributed by atoms with van der Waals surface area (Å²) in [5.74, 6) is 0.184. The largest absolute Gasteiger partial charge is 0.429 e. The van der Waals surface area contributed by atoms with E-state index in [1.807, 2.05) is 54.4 Å². The fourth-order valence-electron chi connectivity index (χ4n) is 2.79. The Morgan fingerprint density at radius 1 is 0.895 bits per heavy atom. The van der Waals surface area contributed by atoms with E-state index >= 15 is 0 Å². The molecule has 0 spiro atoms. The van der Waals surface area contributed by atoms with Crippen LogP contribution in [0, 0.1) is 0 Å². The van der Waals surface area contributed by atoms with Gasteiger partial charge in [0.2, 0.25) is 0 Å². The average Bonchev–Trinajstić information content (AvgIpc) is 2.31. The van der Waals surface area contributed by atoms with Crippen molar-refractivity contribution >= 4 is 6.47 Å². The summed E-state index contributed by atoms with van der Waals surface area (Å²) >= 11 is 0. The highest BCUT2D eigenvalue weighted by molar-refractivity contribution is 5.45. The van der Waals surface area contributed by atoms with Crippen molar-refractivity contribution in [2.75, 3.05) is 42.3 Å². The summed E-state index contributed by atoms with van der Waals surface area (Å²) in [5, 5.41) is 0. The molecule has 1 rings (SSSR count). The van der Waals surface area contributed by atoms with E-state index in [0.717, 1.165) is 5.56 Å². The number of hydrogen-bond donors (Lipinski definition) is 0. The summed E-state index contributed by atoms with van der Waals surface area (Å²) in [7, 11) is 12.2. The number of nitrogens with zero attached hydrogens (tertiary/aromatic N) is 3. The molecular formula is C14H23N3O2. The van der Waals surface area contributed by atoms with Crippen LogP contribution < -0.4 is 4.74 Å². The van der Waals surface area contributed by atoms with E-state index in [9.17, 15) is 4.79 Å². The zero-order valence-electron chi connectivity index (χ0n) is 12.5. The van der Waals surface area contributed by atoms with Gasteiger partial charge < -0.3 is 4.74 Å². The minimum Gasteiger partial charge on any atom is -0.429 e. The van der Waals surface area contributed by atoms with Gasteiger partial charge in [-0.25, -0.2) is 0 Å². The molecule has 0 fully saturated rings. The molecule has 0 saturated carbocycles. The number of hydrogen-bond acceptors (Lipinski definition) is 5. The lowest BCUT2D eigenvalue weighted by molar-refractivity contribution is -0.120. The van der Waals surface area contributed by atoms with Gasteiger partial charge in [0.05, 0.1) is 0 Å². The molecule has 0 unspecified atom stereocenters. The molecule has 106 valence electrons. The zero-order valence-corrected chi connectivity index (χ0v) is 12.5. The van der Waals surface area contributed by atoms with E-state index in [1.54, 1.807) is 12.1 Å². The second kappa shape index (κ2) is 6.14. The van der Waals surface area contributed by atoms with Gasteiger partial charge in [-0.2, -0.15) is 0 Å². The summed E-state index contributed by atoms with van der Waals surface area (Å²) in [4.78, 5) is 16.8. The normalized spacial score (nSPS) is 12.3. The Morgan fingerprint density at radius 3 is 1.63 bits per heavy atom. The maximum absolute atomic E-state index is 10.3. The van der Waals surface area contributed by atoms with Gasteiger partial charge in [-0.3, -0.25) is 19.5 Å². The molecule has 0 aliphatic carbocycles. The third-order valence-corrected chi connectivity index (χ3v) is 3.30. The molecule has 5 nitrogen and oxygen atoms in total. The van der Waals surface area contributed by atoms with Gasteiger partial charge in [0.1, 0.15) is 5.75 Å². The highest BCUT2D eigenvalue weighted by Gasteiger charge is 2.39. The van der Waals surface area contributed by atoms with Crippen LogP contribution in [-0.2, 0) is 10.6 Å². The third kappa shape index (κ3) is 2.78. The molecule has 0 amide bonds. The van der Waals surface area contributed by atoms with Crippen LogP contribution in [-0.4, -0.2) is 63.5 Å². The van der Waals surface area contributed by atoms with Crippen LogP contribution in [0.3, 0.4) is 0 Å². The lowest BCUT2D eigenvalue weighted by Gasteiger charge is -2.50. The van der Waals surface area contributed by atoms with Crippen LogP contribution in [0.1, 0.15) is 5.56 Å². The molecule has 0 aliphatic rings. The van der Waals surface area contributed by atoms with Gasteiger partial charge in [0.25, 0.3) is 6.47 Å². The highest BCUT2D eigenvalue weighted by Crippen LogP contribution is 2.31. The zero-order chi connectivity index (χ0) is 14.6. The van der Waals surface area contributed by atoms with E-state index < -0.39 is 0 Å². The fraction of sp³-hybridized carbons (Fsp3) is 0.500. The van der Waals surface area contributed by atoms with Crippen molar-refractivity contribution in [3.8, 4) is 5.75 Å². The molecule has 0 atom stereocenters. The number of ether oxygens (including phenoxy) is 1. The third-order valence-electron chi connectivity index (χ3n) is 3.30. The van der Waals surface area contributed by atoms with Crippen molar-refractivity contribution in [2.24, 2.45) is 0 Å². The van der Waals surface area contributed by atoms with Gasteiger partial charge >= 0.3 is 0 Å². The fourth-order valence-corrected chi connectivity index (χ4v) is 2.79. The molecule has 5 heteroatoms. The van der Waals surface area contributed by atoms with Crippen LogP contribution in [0.4, 0.5) is 0 Å². The Bertz CT molecular complexity index is 391. The smallest absolute Gasteiger partial charge is 0.298 e. The minimum absolute atomic E-state index is 0.361. The van der Waals surface area contributed by atoms with Gasteiger partial charge in [-0.15, -0.1) is 0 Å². The maximum atomic E-state index is 10.3. The Morgan fingerprint density at radius 2 is 1.32 bits per heavy atom. The summed E-state index contributed by atoms with van der Waals surface area (Å²) in [6, 6.07) is 7.54. The number of benzene rings is 1. The maximum Gasteiger partial charge on any atom is 0.298 e. The van der Waals surface area contributed by atoms with Crippen molar-refractivity contribution < 1.29 is 9.53 Å². The molecule has 0 aromatic heterocycles. The molecule has 0 aliphatic heterocycles. The number of carbonyl (C=O) groups is 1. The SMILES string of the molecule is CN(C)C(c1ccc(OC=O)cc1)(N(C)C)N(C)C. The van der Waals surface area contributed by atoms with Crippen molar-refractivity contribution in [1.82, 2.24) is 14.7 Å². The molecule has 1 aromatic carbocycles. The van der Waals surface area contributed by atoms with E-state index in [0.29, 0.717) is 12.2 Å². The van der Waals surface area contributed by atoms with E-state index in [4.69, 9.17) is 4.74 Å². The van der Waals surface area contributed by atoms with Crippen molar-refractivity contribution in [3.63, 3.8) is 0 Å². The molecule has 0 bridgehead atoms. The Kier molecular flexibility index (Phi) is 5.05. The lowest BCUT2D eigenvalue weighted by atomic mass is 10.0. The number of carbonyl (C=O) groups excluding carboxylic acids is 1. The molecule has 0 radical (unpaired) electrons. The summed E-state index contributed by atoms with van der Waals surface area (Å²) in [6.45, 7) is 0.437. The summed E-state index contributed by atoms with van der Waals surface area (Å²) in [6.07, 6.45) is 0. The predicted molar refractivity (Wildman–Crippen MR) is 75.9 cm³/mol. The monoisotopic (exact) mass is 265 g/mol. The van der Waals surface area contributed by atoms with Gasteiger partial charge in [-0.05, 0) is 54.4 Å².